The maximum atomic E-state index is 14.2. The molecule has 1 aliphatic carbocycles. The van der Waals surface area contributed by atoms with Gasteiger partial charge < -0.3 is 20.1 Å². The number of hydrogen-bond acceptors (Lipinski definition) is 4. The number of rotatable bonds is 4. The van der Waals surface area contributed by atoms with Gasteiger partial charge >= 0.3 is 0 Å². The van der Waals surface area contributed by atoms with Gasteiger partial charge in [-0.3, -0.25) is 4.79 Å². The van der Waals surface area contributed by atoms with Crippen molar-refractivity contribution < 1.29 is 18.7 Å². The molecule has 2 N–H and O–H groups in total. The Bertz CT molecular complexity index is 567. The maximum absolute atomic E-state index is 14.2. The molecule has 1 saturated heterocycles. The number of anilines is 1. The first-order valence-electron chi connectivity index (χ1n) is 8.25. The summed E-state index contributed by atoms with van der Waals surface area (Å²) in [5, 5.41) is 5.83. The van der Waals surface area contributed by atoms with Crippen molar-refractivity contribution in [1.82, 2.24) is 5.32 Å². The normalized spacial score (nSPS) is 24.2. The summed E-state index contributed by atoms with van der Waals surface area (Å²) in [6, 6.07) is 4.12. The van der Waals surface area contributed by atoms with Crippen LogP contribution in [0.15, 0.2) is 18.2 Å². The van der Waals surface area contributed by atoms with Crippen molar-refractivity contribution in [3.8, 4) is 5.75 Å². The number of benzene rings is 1. The van der Waals surface area contributed by atoms with E-state index >= 15 is 0 Å². The van der Waals surface area contributed by atoms with E-state index in [4.69, 9.17) is 9.47 Å². The van der Waals surface area contributed by atoms with Crippen LogP contribution in [0.2, 0.25) is 0 Å². The second-order valence-electron chi connectivity index (χ2n) is 6.17. The standard InChI is InChI=1S/C17H23FN2O3.ClH/c1-11-16(19-8-9-22-11)17(21)20-12-6-7-15(14(18)10-12)23-13-4-2-3-5-13;/h6-7,10-11,13,16,19H,2-5,8-9H2,1H3,(H,20,21);1H/t11-,16+;/m1./s1. The predicted octanol–water partition coefficient (Wildman–Crippen LogP) is 2.88. The van der Waals surface area contributed by atoms with Gasteiger partial charge in [-0.05, 0) is 44.7 Å². The molecule has 7 heteroatoms. The Morgan fingerprint density at radius 1 is 1.38 bits per heavy atom. The Kier molecular flexibility index (Phi) is 6.83. The molecule has 3 rings (SSSR count). The summed E-state index contributed by atoms with van der Waals surface area (Å²) in [6.45, 7) is 3.06. The number of carbonyl (C=O) groups excluding carboxylic acids is 1. The van der Waals surface area contributed by atoms with Crippen molar-refractivity contribution in [3.05, 3.63) is 24.0 Å². The Balaban J connectivity index is 0.00000208. The summed E-state index contributed by atoms with van der Waals surface area (Å²) in [4.78, 5) is 12.2. The Morgan fingerprint density at radius 3 is 2.79 bits per heavy atom. The van der Waals surface area contributed by atoms with Crippen LogP contribution in [0, 0.1) is 5.82 Å². The van der Waals surface area contributed by atoms with Crippen LogP contribution in [0.3, 0.4) is 0 Å². The third-order valence-corrected chi connectivity index (χ3v) is 4.39. The van der Waals surface area contributed by atoms with Gasteiger partial charge in [0.1, 0.15) is 6.04 Å². The first-order chi connectivity index (χ1) is 11.1. The van der Waals surface area contributed by atoms with E-state index in [1.54, 1.807) is 12.1 Å². The molecule has 0 bridgehead atoms. The highest BCUT2D eigenvalue weighted by atomic mass is 35.5. The smallest absolute Gasteiger partial charge is 0.244 e. The molecule has 0 unspecified atom stereocenters. The minimum Gasteiger partial charge on any atom is -0.487 e. The van der Waals surface area contributed by atoms with E-state index in [9.17, 15) is 9.18 Å². The fraction of sp³-hybridized carbons (Fsp3) is 0.588. The van der Waals surface area contributed by atoms with Crippen LogP contribution in [-0.4, -0.2) is 37.3 Å². The van der Waals surface area contributed by atoms with Gasteiger partial charge in [0, 0.05) is 18.3 Å². The molecule has 2 fully saturated rings. The molecule has 1 aromatic carbocycles. The number of halogens is 2. The van der Waals surface area contributed by atoms with Crippen molar-refractivity contribution >= 4 is 24.0 Å². The average molecular weight is 359 g/mol. The molecule has 1 amide bonds. The fourth-order valence-electron chi connectivity index (χ4n) is 3.11. The van der Waals surface area contributed by atoms with Gasteiger partial charge in [0.15, 0.2) is 11.6 Å². The van der Waals surface area contributed by atoms with E-state index in [1.165, 1.54) is 6.07 Å². The van der Waals surface area contributed by atoms with Gasteiger partial charge in [-0.1, -0.05) is 0 Å². The Morgan fingerprint density at radius 2 is 2.12 bits per heavy atom. The predicted molar refractivity (Wildman–Crippen MR) is 92.4 cm³/mol. The average Bonchev–Trinajstić information content (AvgIpc) is 3.03. The highest BCUT2D eigenvalue weighted by molar-refractivity contribution is 5.95. The van der Waals surface area contributed by atoms with Gasteiger partial charge in [-0.25, -0.2) is 4.39 Å². The number of morpholine rings is 1. The van der Waals surface area contributed by atoms with E-state index in [2.05, 4.69) is 10.6 Å². The zero-order valence-corrected chi connectivity index (χ0v) is 14.5. The largest absolute Gasteiger partial charge is 0.487 e. The molecule has 1 aliphatic heterocycles. The van der Waals surface area contributed by atoms with Crippen molar-refractivity contribution in [2.75, 3.05) is 18.5 Å². The lowest BCUT2D eigenvalue weighted by Crippen LogP contribution is -2.53. The molecule has 0 aromatic heterocycles. The lowest BCUT2D eigenvalue weighted by molar-refractivity contribution is -0.123. The highest BCUT2D eigenvalue weighted by Gasteiger charge is 2.28. The summed E-state index contributed by atoms with van der Waals surface area (Å²) in [5.41, 5.74) is 0.422. The molecule has 0 radical (unpaired) electrons. The van der Waals surface area contributed by atoms with Crippen molar-refractivity contribution in [1.29, 1.82) is 0 Å². The number of ether oxygens (including phenoxy) is 2. The van der Waals surface area contributed by atoms with Crippen molar-refractivity contribution in [2.24, 2.45) is 0 Å². The molecule has 134 valence electrons. The molecular formula is C17H24ClFN2O3. The van der Waals surface area contributed by atoms with Crippen LogP contribution in [0.4, 0.5) is 10.1 Å². The topological polar surface area (TPSA) is 59.6 Å². The van der Waals surface area contributed by atoms with Gasteiger partial charge in [-0.2, -0.15) is 0 Å². The van der Waals surface area contributed by atoms with Crippen LogP contribution < -0.4 is 15.4 Å². The fourth-order valence-corrected chi connectivity index (χ4v) is 3.11. The van der Waals surface area contributed by atoms with Gasteiger partial charge in [-0.15, -0.1) is 12.4 Å². The summed E-state index contributed by atoms with van der Waals surface area (Å²) in [6.07, 6.45) is 4.11. The van der Waals surface area contributed by atoms with Crippen LogP contribution >= 0.6 is 12.4 Å². The number of hydrogen-bond donors (Lipinski definition) is 2. The second kappa shape index (κ2) is 8.65. The molecule has 0 spiro atoms. The summed E-state index contributed by atoms with van der Waals surface area (Å²) >= 11 is 0. The van der Waals surface area contributed by atoms with Crippen LogP contribution in [0.5, 0.6) is 5.75 Å². The zero-order chi connectivity index (χ0) is 16.2. The minimum atomic E-state index is -0.449. The Labute approximate surface area is 147 Å². The van der Waals surface area contributed by atoms with E-state index in [1.807, 2.05) is 6.92 Å². The number of carbonyl (C=O) groups is 1. The van der Waals surface area contributed by atoms with Crippen LogP contribution in [-0.2, 0) is 9.53 Å². The maximum Gasteiger partial charge on any atom is 0.244 e. The van der Waals surface area contributed by atoms with Crippen molar-refractivity contribution in [3.63, 3.8) is 0 Å². The molecule has 24 heavy (non-hydrogen) atoms. The van der Waals surface area contributed by atoms with Gasteiger partial charge in [0.25, 0.3) is 0 Å². The molecule has 2 atom stereocenters. The molecule has 1 aromatic rings. The van der Waals surface area contributed by atoms with E-state index in [0.29, 0.717) is 18.8 Å². The van der Waals surface area contributed by atoms with E-state index in [0.717, 1.165) is 25.7 Å². The lowest BCUT2D eigenvalue weighted by atomic mass is 10.1. The SMILES string of the molecule is C[C@H]1OCCN[C@@H]1C(=O)Nc1ccc(OC2CCCC2)c(F)c1.Cl. The summed E-state index contributed by atoms with van der Waals surface area (Å²) in [7, 11) is 0. The third-order valence-electron chi connectivity index (χ3n) is 4.39. The molecule has 1 saturated carbocycles. The first kappa shape index (κ1) is 19.0. The van der Waals surface area contributed by atoms with Crippen LogP contribution in [0.25, 0.3) is 0 Å². The second-order valence-corrected chi connectivity index (χ2v) is 6.17. The first-order valence-corrected chi connectivity index (χ1v) is 8.25. The van der Waals surface area contributed by atoms with Crippen molar-refractivity contribution in [2.45, 2.75) is 50.9 Å². The lowest BCUT2D eigenvalue weighted by Gasteiger charge is -2.29. The molecule has 2 aliphatic rings. The summed E-state index contributed by atoms with van der Waals surface area (Å²) < 4.78 is 25.3. The Hall–Kier alpha value is -1.37. The van der Waals surface area contributed by atoms with E-state index in [-0.39, 0.29) is 36.3 Å². The quantitative estimate of drug-likeness (QED) is 0.869. The molecular weight excluding hydrogens is 335 g/mol. The highest BCUT2D eigenvalue weighted by Crippen LogP contribution is 2.27. The molecule has 1 heterocycles. The zero-order valence-electron chi connectivity index (χ0n) is 13.7. The number of nitrogens with one attached hydrogen (secondary N) is 2. The summed E-state index contributed by atoms with van der Waals surface area (Å²) in [5.74, 6) is -0.418. The molecule has 5 nitrogen and oxygen atoms in total. The van der Waals surface area contributed by atoms with Crippen LogP contribution in [0.1, 0.15) is 32.6 Å². The monoisotopic (exact) mass is 358 g/mol. The van der Waals surface area contributed by atoms with E-state index < -0.39 is 11.9 Å². The van der Waals surface area contributed by atoms with Gasteiger partial charge in [0.05, 0.1) is 18.8 Å². The number of amides is 1. The van der Waals surface area contributed by atoms with Gasteiger partial charge in [0.2, 0.25) is 5.91 Å². The third kappa shape index (κ3) is 4.59. The minimum absolute atomic E-state index is 0.